The van der Waals surface area contributed by atoms with Crippen molar-refractivity contribution in [2.24, 2.45) is 5.16 Å². The van der Waals surface area contributed by atoms with Gasteiger partial charge in [0.1, 0.15) is 0 Å². The summed E-state index contributed by atoms with van der Waals surface area (Å²) < 4.78 is 13.2. The molecule has 0 radical (unpaired) electrons. The van der Waals surface area contributed by atoms with Gasteiger partial charge < -0.3 is 10.3 Å². The summed E-state index contributed by atoms with van der Waals surface area (Å²) in [4.78, 5) is 0. The van der Waals surface area contributed by atoms with Crippen LogP contribution in [0.5, 0.6) is 5.75 Å². The zero-order valence-electron chi connectivity index (χ0n) is 8.84. The van der Waals surface area contributed by atoms with Gasteiger partial charge in [-0.2, -0.15) is 0 Å². The second kappa shape index (κ2) is 4.65. The molecule has 4 heteroatoms. The maximum absolute atomic E-state index is 13.2. The van der Waals surface area contributed by atoms with Crippen molar-refractivity contribution in [2.75, 3.05) is 0 Å². The highest BCUT2D eigenvalue weighted by Gasteiger charge is 2.03. The van der Waals surface area contributed by atoms with E-state index < -0.39 is 5.82 Å². The molecule has 2 N–H and O–H groups in total. The van der Waals surface area contributed by atoms with Crippen molar-refractivity contribution in [1.82, 2.24) is 0 Å². The fourth-order valence-corrected chi connectivity index (χ4v) is 1.51. The summed E-state index contributed by atoms with van der Waals surface area (Å²) in [5.74, 6) is -1.01. The second-order valence-electron chi connectivity index (χ2n) is 3.53. The molecule has 3 nitrogen and oxygen atoms in total. The number of halogens is 1. The SMILES string of the molecule is O/N=C/c1ccc(-c2ccc(O)c(F)c2)cc1. The summed E-state index contributed by atoms with van der Waals surface area (Å²) >= 11 is 0. The Morgan fingerprint density at radius 1 is 1.00 bits per heavy atom. The lowest BCUT2D eigenvalue weighted by atomic mass is 10.0. The minimum atomic E-state index is -0.650. The molecule has 0 heterocycles. The van der Waals surface area contributed by atoms with Gasteiger partial charge in [0.2, 0.25) is 0 Å². The third-order valence-electron chi connectivity index (χ3n) is 2.40. The van der Waals surface area contributed by atoms with Crippen LogP contribution in [0.3, 0.4) is 0 Å². The molecule has 2 aromatic rings. The first-order valence-corrected chi connectivity index (χ1v) is 4.97. The van der Waals surface area contributed by atoms with E-state index in [-0.39, 0.29) is 5.75 Å². The number of nitrogens with zero attached hydrogens (tertiary/aromatic N) is 1. The molecule has 0 bridgehead atoms. The van der Waals surface area contributed by atoms with Gasteiger partial charge >= 0.3 is 0 Å². The normalized spacial score (nSPS) is 10.9. The van der Waals surface area contributed by atoms with E-state index in [1.807, 2.05) is 0 Å². The molecule has 0 atom stereocenters. The predicted octanol–water partition coefficient (Wildman–Crippen LogP) is 3.01. The van der Waals surface area contributed by atoms with Crippen LogP contribution in [-0.2, 0) is 0 Å². The number of hydrogen-bond donors (Lipinski definition) is 2. The van der Waals surface area contributed by atoms with Gasteiger partial charge in [0.25, 0.3) is 0 Å². The van der Waals surface area contributed by atoms with Gasteiger partial charge in [0.05, 0.1) is 6.21 Å². The van der Waals surface area contributed by atoms with Crippen LogP contribution in [0.2, 0.25) is 0 Å². The Bertz CT molecular complexity index is 550. The first kappa shape index (κ1) is 11.1. The number of benzene rings is 2. The molecule has 0 aliphatic heterocycles. The molecule has 0 spiro atoms. The van der Waals surface area contributed by atoms with Gasteiger partial charge in [0.15, 0.2) is 11.6 Å². The lowest BCUT2D eigenvalue weighted by Gasteiger charge is -2.03. The number of aromatic hydroxyl groups is 1. The van der Waals surface area contributed by atoms with Crippen molar-refractivity contribution in [3.8, 4) is 16.9 Å². The largest absolute Gasteiger partial charge is 0.505 e. The van der Waals surface area contributed by atoms with Crippen LogP contribution in [0.25, 0.3) is 11.1 Å². The average Bonchev–Trinajstić information content (AvgIpc) is 2.34. The van der Waals surface area contributed by atoms with Crippen LogP contribution in [-0.4, -0.2) is 16.5 Å². The lowest BCUT2D eigenvalue weighted by Crippen LogP contribution is -1.84. The summed E-state index contributed by atoms with van der Waals surface area (Å²) in [6.07, 6.45) is 1.31. The minimum Gasteiger partial charge on any atom is -0.505 e. The van der Waals surface area contributed by atoms with Crippen molar-refractivity contribution >= 4 is 6.21 Å². The highest BCUT2D eigenvalue weighted by atomic mass is 19.1. The molecular weight excluding hydrogens is 221 g/mol. The van der Waals surface area contributed by atoms with E-state index in [0.717, 1.165) is 11.1 Å². The van der Waals surface area contributed by atoms with Crippen LogP contribution in [0.4, 0.5) is 4.39 Å². The fraction of sp³-hybridized carbons (Fsp3) is 0. The smallest absolute Gasteiger partial charge is 0.165 e. The first-order valence-electron chi connectivity index (χ1n) is 4.97. The maximum Gasteiger partial charge on any atom is 0.165 e. The van der Waals surface area contributed by atoms with Crippen molar-refractivity contribution in [2.45, 2.75) is 0 Å². The zero-order chi connectivity index (χ0) is 12.3. The van der Waals surface area contributed by atoms with Crippen molar-refractivity contribution in [3.05, 3.63) is 53.8 Å². The topological polar surface area (TPSA) is 52.8 Å². The number of phenolic OH excluding ortho intramolecular Hbond substituents is 1. The van der Waals surface area contributed by atoms with E-state index in [2.05, 4.69) is 5.16 Å². The standard InChI is InChI=1S/C13H10FNO2/c14-12-7-11(5-6-13(12)16)10-3-1-9(2-4-10)8-15-17/h1-8,16-17H/b15-8+. The van der Waals surface area contributed by atoms with E-state index in [4.69, 9.17) is 10.3 Å². The van der Waals surface area contributed by atoms with E-state index in [9.17, 15) is 4.39 Å². The molecule has 2 aromatic carbocycles. The van der Waals surface area contributed by atoms with Crippen LogP contribution in [0.15, 0.2) is 47.6 Å². The Labute approximate surface area is 97.5 Å². The number of rotatable bonds is 2. The number of oxime groups is 1. The van der Waals surface area contributed by atoms with Gasteiger partial charge in [-0.1, -0.05) is 35.5 Å². The fourth-order valence-electron chi connectivity index (χ4n) is 1.51. The molecule has 0 saturated heterocycles. The van der Waals surface area contributed by atoms with E-state index in [1.54, 1.807) is 30.3 Å². The highest BCUT2D eigenvalue weighted by molar-refractivity contribution is 5.80. The predicted molar refractivity (Wildman–Crippen MR) is 62.9 cm³/mol. The summed E-state index contributed by atoms with van der Waals surface area (Å²) in [7, 11) is 0. The monoisotopic (exact) mass is 231 g/mol. The third-order valence-corrected chi connectivity index (χ3v) is 2.40. The maximum atomic E-state index is 13.2. The average molecular weight is 231 g/mol. The quantitative estimate of drug-likeness (QED) is 0.474. The summed E-state index contributed by atoms with van der Waals surface area (Å²) in [5, 5.41) is 20.4. The molecule has 0 aliphatic rings. The molecular formula is C13H10FNO2. The Hall–Kier alpha value is -2.36. The zero-order valence-corrected chi connectivity index (χ0v) is 8.84. The lowest BCUT2D eigenvalue weighted by molar-refractivity contribution is 0.322. The first-order chi connectivity index (χ1) is 8.20. The Balaban J connectivity index is 2.36. The van der Waals surface area contributed by atoms with Gasteiger partial charge in [-0.3, -0.25) is 0 Å². The van der Waals surface area contributed by atoms with Gasteiger partial charge in [-0.25, -0.2) is 4.39 Å². The molecule has 0 amide bonds. The summed E-state index contributed by atoms with van der Waals surface area (Å²) in [6, 6.07) is 11.3. The molecule has 17 heavy (non-hydrogen) atoms. The van der Waals surface area contributed by atoms with Gasteiger partial charge in [0, 0.05) is 0 Å². The number of hydrogen-bond acceptors (Lipinski definition) is 3. The molecule has 0 aliphatic carbocycles. The molecule has 0 aromatic heterocycles. The molecule has 2 rings (SSSR count). The molecule has 0 saturated carbocycles. The van der Waals surface area contributed by atoms with Gasteiger partial charge in [-0.05, 0) is 28.8 Å². The molecule has 0 unspecified atom stereocenters. The second-order valence-corrected chi connectivity index (χ2v) is 3.53. The Morgan fingerprint density at radius 3 is 2.24 bits per heavy atom. The van der Waals surface area contributed by atoms with Crippen LogP contribution in [0.1, 0.15) is 5.56 Å². The Kier molecular flexibility index (Phi) is 3.05. The Morgan fingerprint density at radius 2 is 1.65 bits per heavy atom. The highest BCUT2D eigenvalue weighted by Crippen LogP contribution is 2.24. The number of phenols is 1. The van der Waals surface area contributed by atoms with Crippen LogP contribution in [0, 0.1) is 5.82 Å². The third kappa shape index (κ3) is 2.42. The van der Waals surface area contributed by atoms with Crippen LogP contribution < -0.4 is 0 Å². The molecule has 0 fully saturated rings. The van der Waals surface area contributed by atoms with E-state index >= 15 is 0 Å². The summed E-state index contributed by atoms with van der Waals surface area (Å²) in [5.41, 5.74) is 2.24. The van der Waals surface area contributed by atoms with Crippen molar-refractivity contribution in [3.63, 3.8) is 0 Å². The van der Waals surface area contributed by atoms with E-state index in [1.165, 1.54) is 18.3 Å². The van der Waals surface area contributed by atoms with Crippen molar-refractivity contribution in [1.29, 1.82) is 0 Å². The van der Waals surface area contributed by atoms with Crippen molar-refractivity contribution < 1.29 is 14.7 Å². The molecule has 86 valence electrons. The summed E-state index contributed by atoms with van der Waals surface area (Å²) in [6.45, 7) is 0. The van der Waals surface area contributed by atoms with E-state index in [0.29, 0.717) is 5.56 Å². The minimum absolute atomic E-state index is 0.363. The van der Waals surface area contributed by atoms with Crippen LogP contribution >= 0.6 is 0 Å². The van der Waals surface area contributed by atoms with Gasteiger partial charge in [-0.15, -0.1) is 0 Å².